The SMILES string of the molecule is O=C(Nc1ccccc1)N[P@](=O)(CCl)Oc1ccccc1. The molecular formula is C14H14ClN2O3P. The molecule has 0 saturated carbocycles. The number of alkyl halides is 1. The summed E-state index contributed by atoms with van der Waals surface area (Å²) < 4.78 is 17.7. The quantitative estimate of drug-likeness (QED) is 0.637. The van der Waals surface area contributed by atoms with Crippen LogP contribution in [0.1, 0.15) is 0 Å². The Bertz CT molecular complexity index is 637. The number of urea groups is 1. The molecule has 2 aromatic rings. The van der Waals surface area contributed by atoms with E-state index in [9.17, 15) is 9.36 Å². The first-order valence-electron chi connectivity index (χ1n) is 6.15. The molecule has 0 radical (unpaired) electrons. The Balaban J connectivity index is 2.01. The minimum atomic E-state index is -3.51. The van der Waals surface area contributed by atoms with Gasteiger partial charge < -0.3 is 9.84 Å². The number of carbonyl (C=O) groups excluding carboxylic acids is 1. The molecule has 0 aliphatic carbocycles. The number of anilines is 1. The van der Waals surface area contributed by atoms with Crippen molar-refractivity contribution in [3.05, 3.63) is 60.7 Å². The summed E-state index contributed by atoms with van der Waals surface area (Å²) in [5.41, 5.74) is 0.250. The molecule has 0 unspecified atom stereocenters. The molecule has 110 valence electrons. The Morgan fingerprint density at radius 1 is 1.05 bits per heavy atom. The summed E-state index contributed by atoms with van der Waals surface area (Å²) in [6, 6.07) is 16.7. The van der Waals surface area contributed by atoms with Gasteiger partial charge >= 0.3 is 13.6 Å². The lowest BCUT2D eigenvalue weighted by Crippen LogP contribution is -2.28. The summed E-state index contributed by atoms with van der Waals surface area (Å²) in [5, 5.41) is 4.85. The van der Waals surface area contributed by atoms with E-state index in [-0.39, 0.29) is 5.62 Å². The lowest BCUT2D eigenvalue weighted by molar-refractivity contribution is 0.255. The van der Waals surface area contributed by atoms with Crippen LogP contribution in [0.5, 0.6) is 5.75 Å². The predicted octanol–water partition coefficient (Wildman–Crippen LogP) is 4.28. The largest absolute Gasteiger partial charge is 0.428 e. The Morgan fingerprint density at radius 2 is 1.62 bits per heavy atom. The van der Waals surface area contributed by atoms with Crippen molar-refractivity contribution in [1.29, 1.82) is 0 Å². The standard InChI is InChI=1S/C14H14ClN2O3P/c15-11-21(19,20-13-9-5-2-6-10-13)17-14(18)16-12-7-3-1-4-8-12/h1-10H,11H2,(H2,16,17,18,19)/t21-/m0/s1. The predicted molar refractivity (Wildman–Crippen MR) is 84.0 cm³/mol. The summed E-state index contributed by atoms with van der Waals surface area (Å²) in [5.74, 6) is 0.376. The number of carbonyl (C=O) groups is 1. The molecule has 0 heterocycles. The molecule has 0 saturated heterocycles. The molecule has 0 aliphatic rings. The fourth-order valence-corrected chi connectivity index (χ4v) is 2.87. The molecule has 0 fully saturated rings. The van der Waals surface area contributed by atoms with Gasteiger partial charge in [0.25, 0.3) is 0 Å². The highest BCUT2D eigenvalue weighted by molar-refractivity contribution is 7.59. The summed E-state index contributed by atoms with van der Waals surface area (Å²) in [6.45, 7) is 0. The number of para-hydroxylation sites is 2. The number of halogens is 1. The lowest BCUT2D eigenvalue weighted by atomic mass is 10.3. The topological polar surface area (TPSA) is 67.4 Å². The Kier molecular flexibility index (Phi) is 5.26. The Labute approximate surface area is 127 Å². The van der Waals surface area contributed by atoms with E-state index in [1.165, 1.54) is 0 Å². The second-order valence-corrected chi connectivity index (χ2v) is 6.84. The third-order valence-electron chi connectivity index (χ3n) is 2.46. The molecule has 1 atom stereocenters. The van der Waals surface area contributed by atoms with Crippen LogP contribution in [-0.2, 0) is 4.57 Å². The number of hydrogen-bond acceptors (Lipinski definition) is 3. The van der Waals surface area contributed by atoms with Crippen LogP contribution in [-0.4, -0.2) is 11.7 Å². The summed E-state index contributed by atoms with van der Waals surface area (Å²) in [4.78, 5) is 11.8. The van der Waals surface area contributed by atoms with Crippen LogP contribution in [0.25, 0.3) is 0 Å². The third-order valence-corrected chi connectivity index (χ3v) is 4.77. The van der Waals surface area contributed by atoms with E-state index in [0.717, 1.165) is 0 Å². The summed E-state index contributed by atoms with van der Waals surface area (Å²) >= 11 is 5.68. The zero-order valence-corrected chi connectivity index (χ0v) is 12.7. The van der Waals surface area contributed by atoms with Crippen molar-refractivity contribution in [2.24, 2.45) is 0 Å². The van der Waals surface area contributed by atoms with E-state index in [4.69, 9.17) is 16.1 Å². The Hall–Kier alpha value is -1.97. The van der Waals surface area contributed by atoms with Gasteiger partial charge in [-0.05, 0) is 24.3 Å². The van der Waals surface area contributed by atoms with Crippen molar-refractivity contribution in [3.63, 3.8) is 0 Å². The monoisotopic (exact) mass is 324 g/mol. The van der Waals surface area contributed by atoms with Gasteiger partial charge in [0.15, 0.2) is 0 Å². The van der Waals surface area contributed by atoms with Gasteiger partial charge in [-0.1, -0.05) is 36.4 Å². The van der Waals surface area contributed by atoms with Gasteiger partial charge in [0.05, 0.1) is 0 Å². The molecule has 2 rings (SSSR count). The van der Waals surface area contributed by atoms with Crippen LogP contribution in [0.2, 0.25) is 0 Å². The zero-order valence-electron chi connectivity index (χ0n) is 11.0. The molecular weight excluding hydrogens is 311 g/mol. The fraction of sp³-hybridized carbons (Fsp3) is 0.0714. The Morgan fingerprint density at radius 3 is 2.19 bits per heavy atom. The summed E-state index contributed by atoms with van der Waals surface area (Å²) in [7, 11) is -3.51. The highest BCUT2D eigenvalue weighted by Crippen LogP contribution is 2.43. The van der Waals surface area contributed by atoms with Crippen molar-refractivity contribution < 1.29 is 13.9 Å². The first-order valence-corrected chi connectivity index (χ1v) is 8.50. The normalized spacial score (nSPS) is 13.0. The van der Waals surface area contributed by atoms with E-state index in [1.54, 1.807) is 54.6 Å². The first-order chi connectivity index (χ1) is 10.1. The number of rotatable bonds is 5. The van der Waals surface area contributed by atoms with Gasteiger partial charge in [-0.15, -0.1) is 11.6 Å². The van der Waals surface area contributed by atoms with Crippen molar-refractivity contribution in [2.45, 2.75) is 0 Å². The van der Waals surface area contributed by atoms with Crippen molar-refractivity contribution in [2.75, 3.05) is 10.9 Å². The zero-order chi connectivity index (χ0) is 15.1. The maximum Gasteiger partial charge on any atom is 0.359 e. The second kappa shape index (κ2) is 7.16. The number of hydrogen-bond donors (Lipinski definition) is 2. The molecule has 2 aromatic carbocycles. The van der Waals surface area contributed by atoms with Gasteiger partial charge in [-0.3, -0.25) is 9.65 Å². The second-order valence-electron chi connectivity index (χ2n) is 4.13. The van der Waals surface area contributed by atoms with Crippen molar-refractivity contribution >= 4 is 30.8 Å². The van der Waals surface area contributed by atoms with Gasteiger partial charge in [-0.2, -0.15) is 0 Å². The molecule has 2 amide bonds. The molecule has 5 nitrogen and oxygen atoms in total. The lowest BCUT2D eigenvalue weighted by Gasteiger charge is -2.18. The maximum atomic E-state index is 12.4. The minimum Gasteiger partial charge on any atom is -0.428 e. The summed E-state index contributed by atoms with van der Waals surface area (Å²) in [6.07, 6.45) is 0. The van der Waals surface area contributed by atoms with Crippen LogP contribution < -0.4 is 14.9 Å². The van der Waals surface area contributed by atoms with E-state index in [1.807, 2.05) is 6.07 Å². The van der Waals surface area contributed by atoms with Gasteiger partial charge in [0.2, 0.25) is 0 Å². The molecule has 7 heteroatoms. The number of amides is 2. The van der Waals surface area contributed by atoms with E-state index < -0.39 is 13.6 Å². The molecule has 2 N–H and O–H groups in total. The van der Waals surface area contributed by atoms with Crippen LogP contribution in [0.4, 0.5) is 10.5 Å². The van der Waals surface area contributed by atoms with E-state index >= 15 is 0 Å². The number of benzene rings is 2. The maximum absolute atomic E-state index is 12.4. The van der Waals surface area contributed by atoms with Gasteiger partial charge in [-0.25, -0.2) is 4.79 Å². The molecule has 0 spiro atoms. The van der Waals surface area contributed by atoms with Crippen molar-refractivity contribution in [3.8, 4) is 5.75 Å². The fourth-order valence-electron chi connectivity index (χ4n) is 1.56. The highest BCUT2D eigenvalue weighted by atomic mass is 35.5. The van der Waals surface area contributed by atoms with Crippen LogP contribution in [0.3, 0.4) is 0 Å². The molecule has 0 aromatic heterocycles. The first kappa shape index (κ1) is 15.4. The van der Waals surface area contributed by atoms with Gasteiger partial charge in [0, 0.05) is 5.69 Å². The smallest absolute Gasteiger partial charge is 0.359 e. The van der Waals surface area contributed by atoms with Crippen LogP contribution in [0.15, 0.2) is 60.7 Å². The highest BCUT2D eigenvalue weighted by Gasteiger charge is 2.26. The molecule has 0 bridgehead atoms. The minimum absolute atomic E-state index is 0.329. The van der Waals surface area contributed by atoms with Gasteiger partial charge in [0.1, 0.15) is 11.4 Å². The van der Waals surface area contributed by atoms with Crippen LogP contribution >= 0.6 is 19.1 Å². The molecule has 21 heavy (non-hydrogen) atoms. The average molecular weight is 325 g/mol. The molecule has 0 aliphatic heterocycles. The third kappa shape index (κ3) is 4.81. The average Bonchev–Trinajstić information content (AvgIpc) is 2.49. The van der Waals surface area contributed by atoms with E-state index in [2.05, 4.69) is 10.4 Å². The van der Waals surface area contributed by atoms with Crippen molar-refractivity contribution in [1.82, 2.24) is 5.09 Å². The number of nitrogens with one attached hydrogen (secondary N) is 2. The van der Waals surface area contributed by atoms with E-state index in [0.29, 0.717) is 11.4 Å². The van der Waals surface area contributed by atoms with Crippen LogP contribution in [0, 0.1) is 0 Å².